The first-order chi connectivity index (χ1) is 14.7. The summed E-state index contributed by atoms with van der Waals surface area (Å²) in [4.78, 5) is 13.3. The van der Waals surface area contributed by atoms with Gasteiger partial charge in [0.1, 0.15) is 11.6 Å². The molecular weight excluding hydrogens is 384 g/mol. The first-order valence-corrected chi connectivity index (χ1v) is 10.3. The van der Waals surface area contributed by atoms with Gasteiger partial charge in [0, 0.05) is 25.2 Å². The third kappa shape index (κ3) is 4.40. The Morgan fingerprint density at radius 2 is 2.23 bits per heavy atom. The Bertz CT molecular complexity index is 1000. The zero-order chi connectivity index (χ0) is 20.9. The average Bonchev–Trinajstić information content (AvgIpc) is 3.38. The first-order valence-electron chi connectivity index (χ1n) is 10.3. The molecule has 1 unspecified atom stereocenters. The molecule has 160 valence electrons. The van der Waals surface area contributed by atoms with Crippen molar-refractivity contribution < 1.29 is 14.2 Å². The number of aromatic nitrogens is 4. The molecule has 9 heteroatoms. The van der Waals surface area contributed by atoms with E-state index in [1.54, 1.807) is 13.3 Å². The molecule has 3 aromatic rings. The van der Waals surface area contributed by atoms with Crippen molar-refractivity contribution in [2.45, 2.75) is 38.8 Å². The second-order valence-corrected chi connectivity index (χ2v) is 7.32. The number of hydrogen-bond acceptors (Lipinski definition) is 8. The average molecular weight is 412 g/mol. The maximum atomic E-state index is 6.10. The van der Waals surface area contributed by atoms with Crippen molar-refractivity contribution in [1.29, 1.82) is 0 Å². The fraction of sp³-hybridized carbons (Fsp3) is 0.476. The van der Waals surface area contributed by atoms with Gasteiger partial charge in [-0.15, -0.1) is 0 Å². The number of rotatable bonds is 9. The number of pyridine rings is 1. The van der Waals surface area contributed by atoms with Gasteiger partial charge in [0.25, 0.3) is 0 Å². The van der Waals surface area contributed by atoms with Crippen molar-refractivity contribution in [2.75, 3.05) is 37.9 Å². The number of anilines is 2. The molecule has 4 rings (SSSR count). The molecule has 0 spiro atoms. The molecule has 3 aromatic heterocycles. The fourth-order valence-corrected chi connectivity index (χ4v) is 3.52. The number of methoxy groups -OCH3 is 1. The molecule has 0 aliphatic carbocycles. The smallest absolute Gasteiger partial charge is 0.222 e. The summed E-state index contributed by atoms with van der Waals surface area (Å²) in [5.74, 6) is 2.29. The van der Waals surface area contributed by atoms with Crippen molar-refractivity contribution in [3.05, 3.63) is 30.2 Å². The second-order valence-electron chi connectivity index (χ2n) is 7.32. The molecule has 0 bridgehead atoms. The highest BCUT2D eigenvalue weighted by molar-refractivity contribution is 5.87. The minimum atomic E-state index is 0.0345. The Hall–Kier alpha value is -3.07. The molecule has 0 radical (unpaired) electrons. The van der Waals surface area contributed by atoms with E-state index >= 15 is 0 Å². The topological polar surface area (TPSA) is 109 Å². The Balaban J connectivity index is 1.61. The molecule has 1 aliphatic heterocycles. The second kappa shape index (κ2) is 9.17. The number of fused-ring (bicyclic) bond motifs is 1. The van der Waals surface area contributed by atoms with Gasteiger partial charge in [-0.2, -0.15) is 4.98 Å². The van der Waals surface area contributed by atoms with Crippen LogP contribution in [0.25, 0.3) is 11.0 Å². The number of nitrogens with one attached hydrogen (secondary N) is 1. The number of unbranched alkanes of at least 4 members (excludes halogenated alkanes) is 1. The van der Waals surface area contributed by atoms with Gasteiger partial charge < -0.3 is 29.8 Å². The van der Waals surface area contributed by atoms with Gasteiger partial charge in [-0.3, -0.25) is 4.98 Å². The van der Waals surface area contributed by atoms with Crippen molar-refractivity contribution in [3.8, 4) is 11.5 Å². The molecule has 4 heterocycles. The highest BCUT2D eigenvalue weighted by atomic mass is 16.6. The van der Waals surface area contributed by atoms with Gasteiger partial charge in [-0.05, 0) is 12.5 Å². The molecule has 1 aliphatic rings. The summed E-state index contributed by atoms with van der Waals surface area (Å²) < 4.78 is 19.0. The summed E-state index contributed by atoms with van der Waals surface area (Å²) in [7, 11) is 1.62. The zero-order valence-electron chi connectivity index (χ0n) is 17.4. The van der Waals surface area contributed by atoms with Gasteiger partial charge in [-0.1, -0.05) is 13.3 Å². The van der Waals surface area contributed by atoms with E-state index in [4.69, 9.17) is 19.9 Å². The van der Waals surface area contributed by atoms with Gasteiger partial charge in [0.15, 0.2) is 17.3 Å². The Labute approximate surface area is 175 Å². The highest BCUT2D eigenvalue weighted by Crippen LogP contribution is 2.30. The maximum Gasteiger partial charge on any atom is 0.222 e. The Morgan fingerprint density at radius 3 is 3.00 bits per heavy atom. The molecule has 1 atom stereocenters. The maximum absolute atomic E-state index is 6.10. The van der Waals surface area contributed by atoms with Crippen molar-refractivity contribution in [3.63, 3.8) is 0 Å². The molecule has 0 amide bonds. The van der Waals surface area contributed by atoms with Crippen LogP contribution in [0.4, 0.5) is 11.8 Å². The van der Waals surface area contributed by atoms with Gasteiger partial charge >= 0.3 is 0 Å². The predicted molar refractivity (Wildman–Crippen MR) is 115 cm³/mol. The quantitative estimate of drug-likeness (QED) is 0.517. The van der Waals surface area contributed by atoms with Crippen LogP contribution in [0.2, 0.25) is 0 Å². The molecular formula is C21H28N6O3. The Morgan fingerprint density at radius 1 is 1.33 bits per heavy atom. The molecule has 0 aromatic carbocycles. The lowest BCUT2D eigenvalue weighted by molar-refractivity contribution is 0.138. The molecule has 1 saturated heterocycles. The molecule has 9 nitrogen and oxygen atoms in total. The van der Waals surface area contributed by atoms with Crippen LogP contribution in [-0.4, -0.2) is 52.5 Å². The third-order valence-corrected chi connectivity index (χ3v) is 5.07. The standard InChI is InChI=1S/C21H28N6O3/c1-3-4-7-23-20-19-16(25-21(22)26-20)5-8-27(19)12-14-10-17(18(28-2)11-24-14)30-15-6-9-29-13-15/h5,8,10-11,15H,3-4,6-7,9,12-13H2,1-2H3,(H3,22,23,25,26). The van der Waals surface area contributed by atoms with Crippen LogP contribution in [0.1, 0.15) is 31.9 Å². The fourth-order valence-electron chi connectivity index (χ4n) is 3.52. The van der Waals surface area contributed by atoms with Crippen LogP contribution in [-0.2, 0) is 11.3 Å². The van der Waals surface area contributed by atoms with Crippen molar-refractivity contribution >= 4 is 22.8 Å². The Kier molecular flexibility index (Phi) is 6.18. The number of nitrogen functional groups attached to an aromatic ring is 1. The predicted octanol–water partition coefficient (Wildman–Crippen LogP) is 2.85. The van der Waals surface area contributed by atoms with E-state index in [1.165, 1.54) is 0 Å². The van der Waals surface area contributed by atoms with E-state index in [0.717, 1.165) is 55.0 Å². The van der Waals surface area contributed by atoms with Gasteiger partial charge in [-0.25, -0.2) is 4.98 Å². The number of ether oxygens (including phenoxy) is 3. The van der Waals surface area contributed by atoms with E-state index in [2.05, 4.69) is 31.8 Å². The summed E-state index contributed by atoms with van der Waals surface area (Å²) in [6, 6.07) is 3.86. The van der Waals surface area contributed by atoms with Crippen LogP contribution in [0, 0.1) is 0 Å². The zero-order valence-corrected chi connectivity index (χ0v) is 17.4. The minimum Gasteiger partial charge on any atom is -0.491 e. The third-order valence-electron chi connectivity index (χ3n) is 5.07. The first kappa shape index (κ1) is 20.2. The van der Waals surface area contributed by atoms with Crippen LogP contribution in [0.3, 0.4) is 0 Å². The van der Waals surface area contributed by atoms with Gasteiger partial charge in [0.2, 0.25) is 5.95 Å². The summed E-state index contributed by atoms with van der Waals surface area (Å²) in [5.41, 5.74) is 8.45. The van der Waals surface area contributed by atoms with E-state index in [-0.39, 0.29) is 12.1 Å². The van der Waals surface area contributed by atoms with Gasteiger partial charge in [0.05, 0.1) is 44.3 Å². The summed E-state index contributed by atoms with van der Waals surface area (Å²) >= 11 is 0. The molecule has 30 heavy (non-hydrogen) atoms. The van der Waals surface area contributed by atoms with Crippen molar-refractivity contribution in [2.24, 2.45) is 0 Å². The number of nitrogens with two attached hydrogens (primary N) is 1. The lowest BCUT2D eigenvalue weighted by Gasteiger charge is -2.16. The summed E-state index contributed by atoms with van der Waals surface area (Å²) in [6.07, 6.45) is 6.73. The van der Waals surface area contributed by atoms with Crippen LogP contribution >= 0.6 is 0 Å². The van der Waals surface area contributed by atoms with E-state index in [1.807, 2.05) is 18.3 Å². The molecule has 3 N–H and O–H groups in total. The van der Waals surface area contributed by atoms with E-state index in [9.17, 15) is 0 Å². The highest BCUT2D eigenvalue weighted by Gasteiger charge is 2.20. The van der Waals surface area contributed by atoms with Crippen LogP contribution in [0.5, 0.6) is 11.5 Å². The number of nitrogens with zero attached hydrogens (tertiary/aromatic N) is 4. The SMILES string of the molecule is CCCCNc1nc(N)nc2ccn(Cc3cc(OC4CCOC4)c(OC)cn3)c12. The van der Waals surface area contributed by atoms with E-state index < -0.39 is 0 Å². The van der Waals surface area contributed by atoms with E-state index in [0.29, 0.717) is 24.7 Å². The lowest BCUT2D eigenvalue weighted by atomic mass is 10.3. The van der Waals surface area contributed by atoms with Crippen molar-refractivity contribution in [1.82, 2.24) is 19.5 Å². The largest absolute Gasteiger partial charge is 0.491 e. The summed E-state index contributed by atoms with van der Waals surface area (Å²) in [6.45, 7) is 4.84. The van der Waals surface area contributed by atoms with Crippen LogP contribution in [0.15, 0.2) is 24.5 Å². The summed E-state index contributed by atoms with van der Waals surface area (Å²) in [5, 5.41) is 3.39. The molecule has 0 saturated carbocycles. The minimum absolute atomic E-state index is 0.0345. The lowest BCUT2D eigenvalue weighted by Crippen LogP contribution is -2.16. The van der Waals surface area contributed by atoms with Crippen LogP contribution < -0.4 is 20.5 Å². The molecule has 1 fully saturated rings. The normalized spacial score (nSPS) is 16.1. The number of hydrogen-bond donors (Lipinski definition) is 2. The monoisotopic (exact) mass is 412 g/mol.